The van der Waals surface area contributed by atoms with E-state index in [9.17, 15) is 14.0 Å². The third kappa shape index (κ3) is 2.27. The van der Waals surface area contributed by atoms with Gasteiger partial charge in [-0.05, 0) is 23.8 Å². The summed E-state index contributed by atoms with van der Waals surface area (Å²) in [5, 5.41) is 0. The number of carbonyl (C=O) groups excluding carboxylic acids is 2. The first-order chi connectivity index (χ1) is 7.97. The molecule has 4 nitrogen and oxygen atoms in total. The highest BCUT2D eigenvalue weighted by atomic mass is 19.1. The quantitative estimate of drug-likeness (QED) is 0.622. The van der Waals surface area contributed by atoms with Gasteiger partial charge in [0, 0.05) is 18.0 Å². The summed E-state index contributed by atoms with van der Waals surface area (Å²) in [6, 6.07) is 4.03. The van der Waals surface area contributed by atoms with E-state index in [0.717, 1.165) is 4.90 Å². The minimum Gasteiger partial charge on any atom is -0.399 e. The Labute approximate surface area is 98.2 Å². The average molecular weight is 236 g/mol. The van der Waals surface area contributed by atoms with Crippen LogP contribution in [0.4, 0.5) is 10.1 Å². The van der Waals surface area contributed by atoms with Crippen molar-refractivity contribution in [3.63, 3.8) is 0 Å². The maximum absolute atomic E-state index is 13.1. The van der Waals surface area contributed by atoms with Crippen LogP contribution in [0.1, 0.15) is 18.9 Å². The van der Waals surface area contributed by atoms with Crippen molar-refractivity contribution in [2.75, 3.05) is 5.73 Å². The Morgan fingerprint density at radius 1 is 1.41 bits per heavy atom. The van der Waals surface area contributed by atoms with Crippen LogP contribution in [0.3, 0.4) is 0 Å². The highest BCUT2D eigenvalue weighted by Crippen LogP contribution is 2.22. The minimum absolute atomic E-state index is 0.0873. The van der Waals surface area contributed by atoms with Crippen LogP contribution in [0, 0.1) is 11.7 Å². The van der Waals surface area contributed by atoms with Gasteiger partial charge in [0.05, 0.1) is 6.54 Å². The standard InChI is InChI=1S/C12H13FN2O2/c1-7-2-11(16)15(12(7)17)6-8-3-9(13)5-10(14)4-8/h3-5,7H,2,6,14H2,1H3. The molecule has 0 spiro atoms. The number of nitrogens with zero attached hydrogens (tertiary/aromatic N) is 1. The molecule has 17 heavy (non-hydrogen) atoms. The van der Waals surface area contributed by atoms with E-state index in [2.05, 4.69) is 0 Å². The fourth-order valence-corrected chi connectivity index (χ4v) is 1.96. The average Bonchev–Trinajstić information content (AvgIpc) is 2.44. The summed E-state index contributed by atoms with van der Waals surface area (Å²) >= 11 is 0. The molecule has 1 unspecified atom stereocenters. The fraction of sp³-hybridized carbons (Fsp3) is 0.333. The molecule has 1 aliphatic rings. The summed E-state index contributed by atoms with van der Waals surface area (Å²) in [5.74, 6) is -1.18. The predicted octanol–water partition coefficient (Wildman–Crippen LogP) is 1.30. The smallest absolute Gasteiger partial charge is 0.232 e. The third-order valence-corrected chi connectivity index (χ3v) is 2.79. The number of halogens is 1. The zero-order chi connectivity index (χ0) is 12.6. The molecule has 2 N–H and O–H groups in total. The lowest BCUT2D eigenvalue weighted by atomic mass is 10.1. The molecule has 1 saturated heterocycles. The van der Waals surface area contributed by atoms with Crippen LogP contribution < -0.4 is 5.73 Å². The molecule has 1 heterocycles. The first-order valence-electron chi connectivity index (χ1n) is 5.36. The van der Waals surface area contributed by atoms with Crippen molar-refractivity contribution < 1.29 is 14.0 Å². The number of nitrogen functional groups attached to an aromatic ring is 1. The molecule has 1 fully saturated rings. The highest BCUT2D eigenvalue weighted by Gasteiger charge is 2.35. The van der Waals surface area contributed by atoms with Crippen LogP contribution >= 0.6 is 0 Å². The topological polar surface area (TPSA) is 63.4 Å². The van der Waals surface area contributed by atoms with Gasteiger partial charge in [-0.3, -0.25) is 14.5 Å². The summed E-state index contributed by atoms with van der Waals surface area (Å²) in [4.78, 5) is 24.4. The number of hydrogen-bond donors (Lipinski definition) is 1. The van der Waals surface area contributed by atoms with Gasteiger partial charge in [-0.15, -0.1) is 0 Å². The fourth-order valence-electron chi connectivity index (χ4n) is 1.96. The van der Waals surface area contributed by atoms with Crippen molar-refractivity contribution >= 4 is 17.5 Å². The number of amides is 2. The number of nitrogens with two attached hydrogens (primary N) is 1. The second-order valence-electron chi connectivity index (χ2n) is 4.32. The first-order valence-corrected chi connectivity index (χ1v) is 5.36. The summed E-state index contributed by atoms with van der Waals surface area (Å²) in [6.07, 6.45) is 0.226. The maximum Gasteiger partial charge on any atom is 0.232 e. The molecular formula is C12H13FN2O2. The molecule has 0 aromatic heterocycles. The second-order valence-corrected chi connectivity index (χ2v) is 4.32. The number of rotatable bonds is 2. The predicted molar refractivity (Wildman–Crippen MR) is 60.2 cm³/mol. The molecule has 90 valence electrons. The van der Waals surface area contributed by atoms with Gasteiger partial charge < -0.3 is 5.73 Å². The van der Waals surface area contributed by atoms with E-state index >= 15 is 0 Å². The molecule has 1 atom stereocenters. The van der Waals surface area contributed by atoms with Crippen molar-refractivity contribution in [1.82, 2.24) is 4.90 Å². The molecule has 2 amide bonds. The molecule has 0 radical (unpaired) electrons. The zero-order valence-electron chi connectivity index (χ0n) is 9.44. The van der Waals surface area contributed by atoms with Crippen LogP contribution in [-0.2, 0) is 16.1 Å². The van der Waals surface area contributed by atoms with E-state index in [1.165, 1.54) is 12.1 Å². The zero-order valence-corrected chi connectivity index (χ0v) is 9.44. The molecule has 1 aliphatic heterocycles. The van der Waals surface area contributed by atoms with Crippen LogP contribution in [-0.4, -0.2) is 16.7 Å². The van der Waals surface area contributed by atoms with Gasteiger partial charge in [0.15, 0.2) is 0 Å². The Hall–Kier alpha value is -1.91. The van der Waals surface area contributed by atoms with E-state index in [1.54, 1.807) is 13.0 Å². The third-order valence-electron chi connectivity index (χ3n) is 2.79. The molecular weight excluding hydrogens is 223 g/mol. The second kappa shape index (κ2) is 4.16. The van der Waals surface area contributed by atoms with Crippen LogP contribution in [0.5, 0.6) is 0 Å². The van der Waals surface area contributed by atoms with Gasteiger partial charge in [-0.2, -0.15) is 0 Å². The summed E-state index contributed by atoms with van der Waals surface area (Å²) in [5.41, 5.74) is 6.31. The summed E-state index contributed by atoms with van der Waals surface area (Å²) < 4.78 is 13.1. The number of imide groups is 1. The maximum atomic E-state index is 13.1. The van der Waals surface area contributed by atoms with Gasteiger partial charge in [0.1, 0.15) is 5.82 Å². The van der Waals surface area contributed by atoms with Crippen molar-refractivity contribution in [3.8, 4) is 0 Å². The van der Waals surface area contributed by atoms with Crippen LogP contribution in [0.2, 0.25) is 0 Å². The van der Waals surface area contributed by atoms with Gasteiger partial charge in [0.2, 0.25) is 11.8 Å². The Morgan fingerprint density at radius 3 is 2.65 bits per heavy atom. The van der Waals surface area contributed by atoms with Crippen molar-refractivity contribution in [1.29, 1.82) is 0 Å². The summed E-state index contributed by atoms with van der Waals surface area (Å²) in [6.45, 7) is 1.80. The van der Waals surface area contributed by atoms with Crippen molar-refractivity contribution in [3.05, 3.63) is 29.6 Å². The van der Waals surface area contributed by atoms with Crippen molar-refractivity contribution in [2.24, 2.45) is 5.92 Å². The number of benzene rings is 1. The van der Waals surface area contributed by atoms with E-state index in [1.807, 2.05) is 0 Å². The van der Waals surface area contributed by atoms with Gasteiger partial charge in [0.25, 0.3) is 0 Å². The molecule has 2 rings (SSSR count). The molecule has 1 aromatic rings. The lowest BCUT2D eigenvalue weighted by Gasteiger charge is -2.14. The lowest BCUT2D eigenvalue weighted by Crippen LogP contribution is -2.29. The first kappa shape index (κ1) is 11.6. The van der Waals surface area contributed by atoms with E-state index in [-0.39, 0.29) is 36.4 Å². The molecule has 0 saturated carbocycles. The lowest BCUT2D eigenvalue weighted by molar-refractivity contribution is -0.139. The van der Waals surface area contributed by atoms with Gasteiger partial charge >= 0.3 is 0 Å². The Bertz CT molecular complexity index is 467. The van der Waals surface area contributed by atoms with E-state index in [4.69, 9.17) is 5.73 Å². The highest BCUT2D eigenvalue weighted by molar-refractivity contribution is 6.03. The van der Waals surface area contributed by atoms with E-state index < -0.39 is 5.82 Å². The van der Waals surface area contributed by atoms with Gasteiger partial charge in [-0.25, -0.2) is 4.39 Å². The molecule has 1 aromatic carbocycles. The minimum atomic E-state index is -0.466. The number of carbonyl (C=O) groups is 2. The monoisotopic (exact) mass is 236 g/mol. The molecule has 5 heteroatoms. The van der Waals surface area contributed by atoms with Crippen LogP contribution in [0.25, 0.3) is 0 Å². The normalized spacial score (nSPS) is 20.1. The van der Waals surface area contributed by atoms with Crippen molar-refractivity contribution in [2.45, 2.75) is 19.9 Å². The Morgan fingerprint density at radius 2 is 2.12 bits per heavy atom. The van der Waals surface area contributed by atoms with Crippen LogP contribution in [0.15, 0.2) is 18.2 Å². The van der Waals surface area contributed by atoms with Gasteiger partial charge in [-0.1, -0.05) is 6.92 Å². The Balaban J connectivity index is 2.21. The van der Waals surface area contributed by atoms with E-state index in [0.29, 0.717) is 5.56 Å². The number of anilines is 1. The number of likely N-dealkylation sites (tertiary alicyclic amines) is 1. The largest absolute Gasteiger partial charge is 0.399 e. The number of hydrogen-bond acceptors (Lipinski definition) is 3. The molecule has 0 aliphatic carbocycles. The Kier molecular flexibility index (Phi) is 2.83. The molecule has 0 bridgehead atoms. The summed E-state index contributed by atoms with van der Waals surface area (Å²) in [7, 11) is 0. The SMILES string of the molecule is CC1CC(=O)N(Cc2cc(N)cc(F)c2)C1=O.